The van der Waals surface area contributed by atoms with Crippen LogP contribution in [-0.4, -0.2) is 0 Å². The maximum Gasteiger partial charge on any atom is -0.0156 e. The van der Waals surface area contributed by atoms with Crippen LogP contribution in [0, 0.1) is 41.9 Å². The zero-order chi connectivity index (χ0) is 14.8. The molecule has 0 aliphatic heterocycles. The standard InChI is InChI=1S/C21H30/c1-13-6-5-7-15(8-13)16-11-18-17-9-14(2)10-19(17)21(3,4)20(18)12-16/h5-8,14,16-20H,9-12H2,1-4H3. The Morgan fingerprint density at radius 2 is 1.67 bits per heavy atom. The molecule has 21 heavy (non-hydrogen) atoms. The summed E-state index contributed by atoms with van der Waals surface area (Å²) in [6, 6.07) is 9.30. The van der Waals surface area contributed by atoms with Gasteiger partial charge in [-0.15, -0.1) is 0 Å². The highest BCUT2D eigenvalue weighted by molar-refractivity contribution is 5.28. The average molecular weight is 282 g/mol. The predicted molar refractivity (Wildman–Crippen MR) is 89.3 cm³/mol. The lowest BCUT2D eigenvalue weighted by Gasteiger charge is -2.33. The molecule has 1 aromatic carbocycles. The normalized spacial score (nSPS) is 43.8. The summed E-state index contributed by atoms with van der Waals surface area (Å²) in [5.74, 6) is 5.84. The molecule has 0 radical (unpaired) electrons. The fourth-order valence-corrected chi connectivity index (χ4v) is 6.53. The summed E-state index contributed by atoms with van der Waals surface area (Å²) in [4.78, 5) is 0. The topological polar surface area (TPSA) is 0 Å². The molecule has 0 amide bonds. The Balaban J connectivity index is 1.61. The SMILES string of the molecule is Cc1cccc(C2CC3C4CC(C)CC4C(C)(C)C3C2)c1. The van der Waals surface area contributed by atoms with Crippen molar-refractivity contribution in [2.45, 2.75) is 59.3 Å². The van der Waals surface area contributed by atoms with E-state index in [0.29, 0.717) is 5.41 Å². The molecular formula is C21H30. The van der Waals surface area contributed by atoms with Crippen molar-refractivity contribution < 1.29 is 0 Å². The molecule has 4 rings (SSSR count). The van der Waals surface area contributed by atoms with Gasteiger partial charge >= 0.3 is 0 Å². The molecule has 0 N–H and O–H groups in total. The molecule has 6 unspecified atom stereocenters. The van der Waals surface area contributed by atoms with Gasteiger partial charge in [0, 0.05) is 0 Å². The van der Waals surface area contributed by atoms with E-state index in [9.17, 15) is 0 Å². The van der Waals surface area contributed by atoms with Gasteiger partial charge in [-0.25, -0.2) is 0 Å². The molecule has 0 aromatic heterocycles. The Kier molecular flexibility index (Phi) is 3.04. The van der Waals surface area contributed by atoms with Crippen LogP contribution in [0.3, 0.4) is 0 Å². The first-order valence-corrected chi connectivity index (χ1v) is 9.03. The molecule has 3 aliphatic rings. The van der Waals surface area contributed by atoms with E-state index in [4.69, 9.17) is 0 Å². The number of benzene rings is 1. The van der Waals surface area contributed by atoms with Crippen molar-refractivity contribution in [1.82, 2.24) is 0 Å². The lowest BCUT2D eigenvalue weighted by Crippen LogP contribution is -2.25. The number of aryl methyl sites for hydroxylation is 1. The summed E-state index contributed by atoms with van der Waals surface area (Å²) < 4.78 is 0. The Morgan fingerprint density at radius 3 is 2.43 bits per heavy atom. The van der Waals surface area contributed by atoms with Gasteiger partial charge in [-0.1, -0.05) is 50.6 Å². The smallest absolute Gasteiger partial charge is 0.0156 e. The minimum atomic E-state index is 0.582. The van der Waals surface area contributed by atoms with Gasteiger partial charge in [0.05, 0.1) is 0 Å². The molecule has 0 nitrogen and oxygen atoms in total. The van der Waals surface area contributed by atoms with Gasteiger partial charge in [0.25, 0.3) is 0 Å². The molecule has 3 fully saturated rings. The van der Waals surface area contributed by atoms with Gasteiger partial charge in [-0.3, -0.25) is 0 Å². The highest BCUT2D eigenvalue weighted by atomic mass is 14.6. The second-order valence-electron chi connectivity index (χ2n) is 9.02. The summed E-state index contributed by atoms with van der Waals surface area (Å²) in [6.45, 7) is 9.90. The van der Waals surface area contributed by atoms with Crippen LogP contribution in [0.15, 0.2) is 24.3 Å². The molecular weight excluding hydrogens is 252 g/mol. The van der Waals surface area contributed by atoms with Crippen LogP contribution >= 0.6 is 0 Å². The first kappa shape index (κ1) is 13.9. The van der Waals surface area contributed by atoms with E-state index in [1.54, 1.807) is 5.56 Å². The van der Waals surface area contributed by atoms with Crippen molar-refractivity contribution in [3.8, 4) is 0 Å². The van der Waals surface area contributed by atoms with Crippen LogP contribution in [0.25, 0.3) is 0 Å². The fraction of sp³-hybridized carbons (Fsp3) is 0.714. The van der Waals surface area contributed by atoms with Crippen LogP contribution in [0.2, 0.25) is 0 Å². The van der Waals surface area contributed by atoms with Crippen LogP contribution in [-0.2, 0) is 0 Å². The zero-order valence-electron chi connectivity index (χ0n) is 14.1. The van der Waals surface area contributed by atoms with Crippen LogP contribution in [0.5, 0.6) is 0 Å². The van der Waals surface area contributed by atoms with Crippen molar-refractivity contribution in [3.63, 3.8) is 0 Å². The Hall–Kier alpha value is -0.780. The van der Waals surface area contributed by atoms with E-state index in [2.05, 4.69) is 52.0 Å². The third kappa shape index (κ3) is 2.01. The quantitative estimate of drug-likeness (QED) is 0.610. The Bertz CT molecular complexity index is 541. The second-order valence-corrected chi connectivity index (χ2v) is 9.02. The van der Waals surface area contributed by atoms with Gasteiger partial charge in [-0.05, 0) is 79.1 Å². The number of fused-ring (bicyclic) bond motifs is 3. The minimum Gasteiger partial charge on any atom is -0.0625 e. The highest BCUT2D eigenvalue weighted by Gasteiger charge is 2.60. The van der Waals surface area contributed by atoms with Crippen molar-refractivity contribution in [3.05, 3.63) is 35.4 Å². The van der Waals surface area contributed by atoms with Crippen LogP contribution in [0.4, 0.5) is 0 Å². The molecule has 3 saturated carbocycles. The van der Waals surface area contributed by atoms with Crippen molar-refractivity contribution in [2.75, 3.05) is 0 Å². The summed E-state index contributed by atoms with van der Waals surface area (Å²) in [5, 5.41) is 0. The van der Waals surface area contributed by atoms with E-state index < -0.39 is 0 Å². The molecule has 3 aliphatic carbocycles. The molecule has 1 aromatic rings. The largest absolute Gasteiger partial charge is 0.0625 e. The number of hydrogen-bond acceptors (Lipinski definition) is 0. The van der Waals surface area contributed by atoms with Gasteiger partial charge in [0.1, 0.15) is 0 Å². The average Bonchev–Trinajstić information content (AvgIpc) is 3.05. The molecule has 0 bridgehead atoms. The highest BCUT2D eigenvalue weighted by Crippen LogP contribution is 2.68. The van der Waals surface area contributed by atoms with Crippen molar-refractivity contribution in [2.24, 2.45) is 35.0 Å². The lowest BCUT2D eigenvalue weighted by molar-refractivity contribution is 0.165. The van der Waals surface area contributed by atoms with Crippen LogP contribution < -0.4 is 0 Å². The maximum atomic E-state index is 2.59. The van der Waals surface area contributed by atoms with E-state index in [-0.39, 0.29) is 0 Å². The minimum absolute atomic E-state index is 0.582. The summed E-state index contributed by atoms with van der Waals surface area (Å²) >= 11 is 0. The van der Waals surface area contributed by atoms with E-state index in [1.807, 2.05) is 0 Å². The molecule has 0 saturated heterocycles. The fourth-order valence-electron chi connectivity index (χ4n) is 6.53. The first-order chi connectivity index (χ1) is 9.96. The zero-order valence-corrected chi connectivity index (χ0v) is 14.1. The molecule has 0 spiro atoms. The summed E-state index contributed by atoms with van der Waals surface area (Å²) in [6.07, 6.45) is 5.92. The number of hydrogen-bond donors (Lipinski definition) is 0. The van der Waals surface area contributed by atoms with Crippen LogP contribution in [0.1, 0.15) is 63.5 Å². The molecule has 114 valence electrons. The Morgan fingerprint density at radius 1 is 0.952 bits per heavy atom. The third-order valence-corrected chi connectivity index (χ3v) is 7.43. The molecule has 0 heterocycles. The summed E-state index contributed by atoms with van der Waals surface area (Å²) in [7, 11) is 0. The van der Waals surface area contributed by atoms with Crippen molar-refractivity contribution >= 4 is 0 Å². The lowest BCUT2D eigenvalue weighted by atomic mass is 9.72. The van der Waals surface area contributed by atoms with Gasteiger partial charge < -0.3 is 0 Å². The van der Waals surface area contributed by atoms with E-state index in [1.165, 1.54) is 31.2 Å². The van der Waals surface area contributed by atoms with Gasteiger partial charge in [0.2, 0.25) is 0 Å². The number of rotatable bonds is 1. The third-order valence-electron chi connectivity index (χ3n) is 7.43. The first-order valence-electron chi connectivity index (χ1n) is 9.03. The Labute approximate surface area is 130 Å². The summed E-state index contributed by atoms with van der Waals surface area (Å²) in [5.41, 5.74) is 3.62. The van der Waals surface area contributed by atoms with Gasteiger partial charge in [-0.2, -0.15) is 0 Å². The predicted octanol–water partition coefficient (Wildman–Crippen LogP) is 5.81. The van der Waals surface area contributed by atoms with E-state index in [0.717, 1.165) is 35.5 Å². The van der Waals surface area contributed by atoms with Crippen molar-refractivity contribution in [1.29, 1.82) is 0 Å². The van der Waals surface area contributed by atoms with Gasteiger partial charge in [0.15, 0.2) is 0 Å². The maximum absolute atomic E-state index is 2.59. The second kappa shape index (κ2) is 4.61. The molecule has 0 heteroatoms. The van der Waals surface area contributed by atoms with E-state index >= 15 is 0 Å². The monoisotopic (exact) mass is 282 g/mol. The molecule has 6 atom stereocenters.